The van der Waals surface area contributed by atoms with Crippen LogP contribution in [0.2, 0.25) is 0 Å². The zero-order valence-corrected chi connectivity index (χ0v) is 13.9. The fourth-order valence-corrected chi connectivity index (χ4v) is 2.93. The fraction of sp³-hybridized carbons (Fsp3) is 0.765. The minimum absolute atomic E-state index is 0.0264. The Morgan fingerprint density at radius 1 is 0.696 bits per heavy atom. The van der Waals surface area contributed by atoms with Crippen LogP contribution in [0.5, 0.6) is 0 Å². The van der Waals surface area contributed by atoms with Gasteiger partial charge < -0.3 is 0 Å². The Kier molecular flexibility index (Phi) is 7.77. The topological polar surface area (TPSA) is 82.9 Å². The lowest BCUT2D eigenvalue weighted by atomic mass is 10.1. The summed E-state index contributed by atoms with van der Waals surface area (Å²) in [4.78, 5) is 23.3. The van der Waals surface area contributed by atoms with Crippen LogP contribution in [0.1, 0.15) is 83.5 Å². The van der Waals surface area contributed by atoms with Crippen LogP contribution in [0, 0.1) is 0 Å². The molecule has 0 unspecified atom stereocenters. The van der Waals surface area contributed by atoms with E-state index in [1.165, 1.54) is 25.7 Å². The molecular formula is C17H28N4O2. The molecule has 2 aliphatic rings. The molecule has 0 aromatic rings. The molecule has 2 saturated carbocycles. The Hall–Kier alpha value is -1.72. The molecule has 128 valence electrons. The third-order valence-electron chi connectivity index (χ3n) is 4.35. The lowest BCUT2D eigenvalue weighted by molar-refractivity contribution is -0.121. The van der Waals surface area contributed by atoms with Gasteiger partial charge in [0.2, 0.25) is 11.8 Å². The molecule has 2 fully saturated rings. The van der Waals surface area contributed by atoms with Crippen molar-refractivity contribution in [3.05, 3.63) is 0 Å². The molecule has 0 saturated heterocycles. The van der Waals surface area contributed by atoms with Gasteiger partial charge in [-0.25, -0.2) is 10.9 Å². The molecule has 2 aliphatic carbocycles. The lowest BCUT2D eigenvalue weighted by Gasteiger charge is -2.03. The zero-order chi connectivity index (χ0) is 16.3. The standard InChI is InChI=1S/C17H28N4O2/c22-16(20-18-14-8-4-5-9-14)12-2-1-3-13-17(23)21-19-15-10-6-7-11-15/h1-13H2,(H,20,22)(H,21,23). The smallest absolute Gasteiger partial charge is 0.240 e. The molecule has 2 amide bonds. The second-order valence-electron chi connectivity index (χ2n) is 6.40. The van der Waals surface area contributed by atoms with E-state index in [1.807, 2.05) is 0 Å². The Bertz CT molecular complexity index is 413. The van der Waals surface area contributed by atoms with Gasteiger partial charge in [-0.1, -0.05) is 6.42 Å². The van der Waals surface area contributed by atoms with Crippen LogP contribution in [0.4, 0.5) is 0 Å². The summed E-state index contributed by atoms with van der Waals surface area (Å²) in [7, 11) is 0. The van der Waals surface area contributed by atoms with Gasteiger partial charge in [-0.2, -0.15) is 10.2 Å². The highest BCUT2D eigenvalue weighted by Gasteiger charge is 2.10. The number of carbonyl (C=O) groups is 2. The minimum Gasteiger partial charge on any atom is -0.273 e. The van der Waals surface area contributed by atoms with Crippen molar-refractivity contribution >= 4 is 23.2 Å². The average Bonchev–Trinajstić information content (AvgIpc) is 3.24. The molecule has 2 rings (SSSR count). The van der Waals surface area contributed by atoms with Gasteiger partial charge in [0.1, 0.15) is 0 Å². The van der Waals surface area contributed by atoms with E-state index in [0.29, 0.717) is 12.8 Å². The van der Waals surface area contributed by atoms with Crippen molar-refractivity contribution in [1.29, 1.82) is 0 Å². The number of amides is 2. The minimum atomic E-state index is -0.0264. The first kappa shape index (κ1) is 17.6. The van der Waals surface area contributed by atoms with E-state index in [1.54, 1.807) is 0 Å². The predicted molar refractivity (Wildman–Crippen MR) is 91.2 cm³/mol. The van der Waals surface area contributed by atoms with Crippen molar-refractivity contribution in [1.82, 2.24) is 10.9 Å². The Labute approximate surface area is 138 Å². The lowest BCUT2D eigenvalue weighted by Crippen LogP contribution is -2.19. The van der Waals surface area contributed by atoms with Crippen molar-refractivity contribution in [3.63, 3.8) is 0 Å². The molecule has 0 heterocycles. The highest BCUT2D eigenvalue weighted by Crippen LogP contribution is 2.14. The highest BCUT2D eigenvalue weighted by atomic mass is 16.2. The molecule has 0 bridgehead atoms. The van der Waals surface area contributed by atoms with E-state index in [0.717, 1.165) is 56.4 Å². The summed E-state index contributed by atoms with van der Waals surface area (Å²) < 4.78 is 0. The molecule has 0 atom stereocenters. The van der Waals surface area contributed by atoms with E-state index < -0.39 is 0 Å². The summed E-state index contributed by atoms with van der Waals surface area (Å²) in [5.74, 6) is -0.0528. The number of hydrogen-bond acceptors (Lipinski definition) is 4. The number of hydrogen-bond donors (Lipinski definition) is 2. The van der Waals surface area contributed by atoms with E-state index in [2.05, 4.69) is 21.1 Å². The van der Waals surface area contributed by atoms with Crippen molar-refractivity contribution in [2.24, 2.45) is 10.2 Å². The zero-order valence-electron chi connectivity index (χ0n) is 13.9. The quantitative estimate of drug-likeness (QED) is 0.532. The van der Waals surface area contributed by atoms with Crippen molar-refractivity contribution < 1.29 is 9.59 Å². The van der Waals surface area contributed by atoms with Crippen LogP contribution in [-0.2, 0) is 9.59 Å². The van der Waals surface area contributed by atoms with Gasteiger partial charge in [-0.15, -0.1) is 0 Å². The van der Waals surface area contributed by atoms with Crippen LogP contribution < -0.4 is 10.9 Å². The summed E-state index contributed by atoms with van der Waals surface area (Å²) in [5, 5.41) is 8.30. The molecule has 0 radical (unpaired) electrons. The summed E-state index contributed by atoms with van der Waals surface area (Å²) in [6.45, 7) is 0. The average molecular weight is 320 g/mol. The van der Waals surface area contributed by atoms with Gasteiger partial charge >= 0.3 is 0 Å². The van der Waals surface area contributed by atoms with Gasteiger partial charge in [-0.3, -0.25) is 9.59 Å². The largest absolute Gasteiger partial charge is 0.273 e. The second kappa shape index (κ2) is 10.1. The normalized spacial score (nSPS) is 17.2. The number of unbranched alkanes of at least 4 members (excludes halogenated alkanes) is 2. The first-order chi connectivity index (χ1) is 11.2. The number of nitrogens with one attached hydrogen (secondary N) is 2. The van der Waals surface area contributed by atoms with Crippen LogP contribution in [0.25, 0.3) is 0 Å². The fourth-order valence-electron chi connectivity index (χ4n) is 2.93. The Morgan fingerprint density at radius 2 is 1.09 bits per heavy atom. The van der Waals surface area contributed by atoms with E-state index in [9.17, 15) is 9.59 Å². The van der Waals surface area contributed by atoms with E-state index in [-0.39, 0.29) is 11.8 Å². The summed E-state index contributed by atoms with van der Waals surface area (Å²) in [6.07, 6.45) is 12.2. The maximum atomic E-state index is 11.6. The molecule has 0 aromatic carbocycles. The third kappa shape index (κ3) is 7.39. The maximum absolute atomic E-state index is 11.6. The number of carbonyl (C=O) groups excluding carboxylic acids is 2. The van der Waals surface area contributed by atoms with Crippen LogP contribution >= 0.6 is 0 Å². The summed E-state index contributed by atoms with van der Waals surface area (Å²) in [6, 6.07) is 0. The Balaban J connectivity index is 1.46. The third-order valence-corrected chi connectivity index (χ3v) is 4.35. The van der Waals surface area contributed by atoms with Gasteiger partial charge in [-0.05, 0) is 64.2 Å². The van der Waals surface area contributed by atoms with Crippen LogP contribution in [0.3, 0.4) is 0 Å². The predicted octanol–water partition coefficient (Wildman–Crippen LogP) is 3.03. The van der Waals surface area contributed by atoms with Crippen molar-refractivity contribution in [2.75, 3.05) is 0 Å². The molecule has 2 N–H and O–H groups in total. The number of hydrazone groups is 2. The first-order valence-corrected chi connectivity index (χ1v) is 8.92. The SMILES string of the molecule is O=C(CCCCCC(=O)NN=C1CCCC1)NN=C1CCCC1. The second-order valence-corrected chi connectivity index (χ2v) is 6.40. The monoisotopic (exact) mass is 320 g/mol. The maximum Gasteiger partial charge on any atom is 0.240 e. The first-order valence-electron chi connectivity index (χ1n) is 8.92. The molecule has 0 aromatic heterocycles. The molecule has 6 nitrogen and oxygen atoms in total. The van der Waals surface area contributed by atoms with Gasteiger partial charge in [0.15, 0.2) is 0 Å². The van der Waals surface area contributed by atoms with Crippen molar-refractivity contribution in [2.45, 2.75) is 83.5 Å². The molecule has 0 aliphatic heterocycles. The van der Waals surface area contributed by atoms with Gasteiger partial charge in [0, 0.05) is 24.3 Å². The van der Waals surface area contributed by atoms with Crippen LogP contribution in [-0.4, -0.2) is 23.2 Å². The summed E-state index contributed by atoms with van der Waals surface area (Å²) in [5.41, 5.74) is 7.48. The molecule has 23 heavy (non-hydrogen) atoms. The van der Waals surface area contributed by atoms with E-state index >= 15 is 0 Å². The van der Waals surface area contributed by atoms with Gasteiger partial charge in [0.05, 0.1) is 0 Å². The molecular weight excluding hydrogens is 292 g/mol. The number of nitrogens with zero attached hydrogens (tertiary/aromatic N) is 2. The summed E-state index contributed by atoms with van der Waals surface area (Å²) >= 11 is 0. The highest BCUT2D eigenvalue weighted by molar-refractivity contribution is 5.88. The number of rotatable bonds is 8. The van der Waals surface area contributed by atoms with Gasteiger partial charge in [0.25, 0.3) is 0 Å². The van der Waals surface area contributed by atoms with Crippen LogP contribution in [0.15, 0.2) is 10.2 Å². The Morgan fingerprint density at radius 3 is 1.48 bits per heavy atom. The van der Waals surface area contributed by atoms with Crippen molar-refractivity contribution in [3.8, 4) is 0 Å². The molecule has 6 heteroatoms. The van der Waals surface area contributed by atoms with E-state index in [4.69, 9.17) is 0 Å². The molecule has 0 spiro atoms.